The van der Waals surface area contributed by atoms with Crippen LogP contribution in [-0.2, 0) is 9.59 Å². The van der Waals surface area contributed by atoms with E-state index in [4.69, 9.17) is 0 Å². The minimum atomic E-state index is -0.894. The molecule has 6 heteroatoms. The number of amides is 2. The van der Waals surface area contributed by atoms with Crippen LogP contribution in [0.5, 0.6) is 0 Å². The van der Waals surface area contributed by atoms with Crippen LogP contribution >= 0.6 is 0 Å². The summed E-state index contributed by atoms with van der Waals surface area (Å²) < 4.78 is 25.8. The van der Waals surface area contributed by atoms with Crippen molar-refractivity contribution in [3.63, 3.8) is 0 Å². The van der Waals surface area contributed by atoms with E-state index in [2.05, 4.69) is 17.2 Å². The fourth-order valence-corrected chi connectivity index (χ4v) is 1.18. The molecule has 4 nitrogen and oxygen atoms in total. The van der Waals surface area contributed by atoms with Crippen LogP contribution in [0.1, 0.15) is 6.42 Å². The van der Waals surface area contributed by atoms with Crippen molar-refractivity contribution in [2.24, 2.45) is 0 Å². The summed E-state index contributed by atoms with van der Waals surface area (Å²) in [6, 6.07) is 2.74. The third-order valence-electron chi connectivity index (χ3n) is 1.97. The van der Waals surface area contributed by atoms with Gasteiger partial charge in [-0.2, -0.15) is 0 Å². The summed E-state index contributed by atoms with van der Waals surface area (Å²) in [6.45, 7) is 3.65. The molecule has 2 amide bonds. The van der Waals surface area contributed by atoms with E-state index in [-0.39, 0.29) is 12.2 Å². The molecule has 1 aromatic rings. The Labute approximate surface area is 103 Å². The van der Waals surface area contributed by atoms with Crippen molar-refractivity contribution < 1.29 is 18.4 Å². The van der Waals surface area contributed by atoms with Gasteiger partial charge >= 0.3 is 0 Å². The van der Waals surface area contributed by atoms with Crippen molar-refractivity contribution in [3.05, 3.63) is 42.5 Å². The van der Waals surface area contributed by atoms with Crippen molar-refractivity contribution in [2.75, 3.05) is 11.9 Å². The fraction of sp³-hybridized carbons (Fsp3) is 0.167. The lowest BCUT2D eigenvalue weighted by Crippen LogP contribution is -2.28. The fourth-order valence-electron chi connectivity index (χ4n) is 1.18. The highest BCUT2D eigenvalue weighted by Crippen LogP contribution is 2.14. The lowest BCUT2D eigenvalue weighted by atomic mass is 10.2. The maximum atomic E-state index is 13.2. The molecule has 0 aliphatic heterocycles. The largest absolute Gasteiger partial charge is 0.352 e. The number of carbonyl (C=O) groups excluding carboxylic acids is 2. The summed E-state index contributed by atoms with van der Waals surface area (Å²) in [4.78, 5) is 22.5. The third-order valence-corrected chi connectivity index (χ3v) is 1.97. The topological polar surface area (TPSA) is 58.2 Å². The maximum absolute atomic E-state index is 13.2. The zero-order valence-corrected chi connectivity index (χ0v) is 9.50. The Balaban J connectivity index is 2.54. The highest BCUT2D eigenvalue weighted by atomic mass is 19.1. The van der Waals surface area contributed by atoms with Gasteiger partial charge in [0.2, 0.25) is 11.8 Å². The molecular formula is C12H12F2N2O2. The molecule has 0 atom stereocenters. The average Bonchev–Trinajstić information content (AvgIpc) is 2.30. The van der Waals surface area contributed by atoms with E-state index in [1.807, 2.05) is 0 Å². The maximum Gasteiger partial charge on any atom is 0.233 e. The van der Waals surface area contributed by atoms with Gasteiger partial charge in [0.1, 0.15) is 18.1 Å². The second-order valence-corrected chi connectivity index (χ2v) is 3.44. The van der Waals surface area contributed by atoms with Gasteiger partial charge in [-0.15, -0.1) is 6.58 Å². The standard InChI is InChI=1S/C12H12F2N2O2/c1-2-5-15-11(17)7-12(18)16-10-4-3-8(13)6-9(10)14/h2-4,6H,1,5,7H2,(H,15,17)(H,16,18). The van der Waals surface area contributed by atoms with Gasteiger partial charge in [-0.1, -0.05) is 6.08 Å². The molecule has 0 radical (unpaired) electrons. The predicted molar refractivity (Wildman–Crippen MR) is 62.8 cm³/mol. The molecular weight excluding hydrogens is 242 g/mol. The Morgan fingerprint density at radius 1 is 1.28 bits per heavy atom. The van der Waals surface area contributed by atoms with Crippen LogP contribution in [-0.4, -0.2) is 18.4 Å². The third kappa shape index (κ3) is 4.32. The lowest BCUT2D eigenvalue weighted by molar-refractivity contribution is -0.126. The molecule has 2 N–H and O–H groups in total. The van der Waals surface area contributed by atoms with Crippen LogP contribution in [0.2, 0.25) is 0 Å². The van der Waals surface area contributed by atoms with Crippen molar-refractivity contribution >= 4 is 17.5 Å². The van der Waals surface area contributed by atoms with E-state index in [0.717, 1.165) is 12.1 Å². The second kappa shape index (κ2) is 6.48. The number of benzene rings is 1. The number of hydrogen-bond acceptors (Lipinski definition) is 2. The molecule has 0 saturated heterocycles. The van der Waals surface area contributed by atoms with E-state index >= 15 is 0 Å². The van der Waals surface area contributed by atoms with Crippen LogP contribution in [0, 0.1) is 11.6 Å². The summed E-state index contributed by atoms with van der Waals surface area (Å²) in [6.07, 6.45) is 1.03. The minimum absolute atomic E-state index is 0.169. The van der Waals surface area contributed by atoms with Gasteiger partial charge in [-0.05, 0) is 12.1 Å². The van der Waals surface area contributed by atoms with E-state index in [1.54, 1.807) is 0 Å². The highest BCUT2D eigenvalue weighted by Gasteiger charge is 2.11. The summed E-state index contributed by atoms with van der Waals surface area (Å²) in [5, 5.41) is 4.58. The second-order valence-electron chi connectivity index (χ2n) is 3.44. The van der Waals surface area contributed by atoms with Crippen LogP contribution < -0.4 is 10.6 Å². The van der Waals surface area contributed by atoms with Crippen molar-refractivity contribution in [1.82, 2.24) is 5.32 Å². The number of hydrogen-bond donors (Lipinski definition) is 2. The summed E-state index contributed by atoms with van der Waals surface area (Å²) in [5.41, 5.74) is -0.169. The Kier molecular flexibility index (Phi) is 4.98. The van der Waals surface area contributed by atoms with Gasteiger partial charge in [-0.25, -0.2) is 8.78 Å². The number of anilines is 1. The van der Waals surface area contributed by atoms with Crippen LogP contribution in [0.25, 0.3) is 0 Å². The zero-order valence-electron chi connectivity index (χ0n) is 9.50. The molecule has 0 heterocycles. The summed E-state index contributed by atoms with van der Waals surface area (Å²) in [5.74, 6) is -2.82. The van der Waals surface area contributed by atoms with E-state index in [1.165, 1.54) is 6.08 Å². The highest BCUT2D eigenvalue weighted by molar-refractivity contribution is 6.03. The first-order chi connectivity index (χ1) is 8.52. The average molecular weight is 254 g/mol. The first kappa shape index (κ1) is 13.8. The molecule has 0 aromatic heterocycles. The van der Waals surface area contributed by atoms with E-state index in [0.29, 0.717) is 6.07 Å². The normalized spacial score (nSPS) is 9.67. The van der Waals surface area contributed by atoms with Gasteiger partial charge in [-0.3, -0.25) is 9.59 Å². The van der Waals surface area contributed by atoms with Gasteiger partial charge < -0.3 is 10.6 Å². The SMILES string of the molecule is C=CCNC(=O)CC(=O)Nc1ccc(F)cc1F. The molecule has 0 saturated carbocycles. The Hall–Kier alpha value is -2.24. The molecule has 0 unspecified atom stereocenters. The van der Waals surface area contributed by atoms with Gasteiger partial charge in [0.05, 0.1) is 5.69 Å². The monoisotopic (exact) mass is 254 g/mol. The molecule has 0 aliphatic rings. The van der Waals surface area contributed by atoms with E-state index in [9.17, 15) is 18.4 Å². The lowest BCUT2D eigenvalue weighted by Gasteiger charge is -2.06. The molecule has 1 rings (SSSR count). The molecule has 0 spiro atoms. The first-order valence-electron chi connectivity index (χ1n) is 5.15. The zero-order chi connectivity index (χ0) is 13.5. The Morgan fingerprint density at radius 3 is 2.61 bits per heavy atom. The number of nitrogens with one attached hydrogen (secondary N) is 2. The molecule has 0 bridgehead atoms. The predicted octanol–water partition coefficient (Wildman–Crippen LogP) is 1.60. The molecule has 18 heavy (non-hydrogen) atoms. The minimum Gasteiger partial charge on any atom is -0.352 e. The van der Waals surface area contributed by atoms with Gasteiger partial charge in [0, 0.05) is 12.6 Å². The van der Waals surface area contributed by atoms with Gasteiger partial charge in [0.25, 0.3) is 0 Å². The van der Waals surface area contributed by atoms with Crippen LogP contribution in [0.15, 0.2) is 30.9 Å². The van der Waals surface area contributed by atoms with Crippen LogP contribution in [0.3, 0.4) is 0 Å². The number of halogens is 2. The molecule has 0 aliphatic carbocycles. The number of carbonyl (C=O) groups is 2. The van der Waals surface area contributed by atoms with Crippen molar-refractivity contribution in [1.29, 1.82) is 0 Å². The van der Waals surface area contributed by atoms with E-state index < -0.39 is 29.9 Å². The van der Waals surface area contributed by atoms with Crippen LogP contribution in [0.4, 0.5) is 14.5 Å². The van der Waals surface area contributed by atoms with Crippen molar-refractivity contribution in [2.45, 2.75) is 6.42 Å². The Morgan fingerprint density at radius 2 is 2.00 bits per heavy atom. The molecule has 1 aromatic carbocycles. The quantitative estimate of drug-likeness (QED) is 0.619. The molecule has 96 valence electrons. The molecule has 0 fully saturated rings. The van der Waals surface area contributed by atoms with Crippen molar-refractivity contribution in [3.8, 4) is 0 Å². The number of rotatable bonds is 5. The first-order valence-corrected chi connectivity index (χ1v) is 5.15. The summed E-state index contributed by atoms with van der Waals surface area (Å²) in [7, 11) is 0. The van der Waals surface area contributed by atoms with Gasteiger partial charge in [0.15, 0.2) is 0 Å². The summed E-state index contributed by atoms with van der Waals surface area (Å²) >= 11 is 0. The smallest absolute Gasteiger partial charge is 0.233 e. The Bertz CT molecular complexity index is 475.